The van der Waals surface area contributed by atoms with E-state index < -0.39 is 32.4 Å². The topological polar surface area (TPSA) is 64.1 Å². The van der Waals surface area contributed by atoms with Crippen molar-refractivity contribution in [3.8, 4) is 11.5 Å². The maximum Gasteiger partial charge on any atom is 0.227 e. The molecular weight excluding hydrogens is 539 g/mol. The minimum Gasteiger partial charge on any atom is -0.451 e. The molecule has 0 atom stereocenters. The van der Waals surface area contributed by atoms with Gasteiger partial charge in [0.15, 0.2) is 26.8 Å². The number of aromatic nitrogens is 2. The molecule has 0 unspecified atom stereocenters. The Morgan fingerprint density at radius 1 is 0.939 bits per heavy atom. The SMILES string of the molecule is C=Ic1nnccc1Oc1cc(F)c(NC(=O)C2CCCCCCCCCCCC2)cc1F. The quantitative estimate of drug-likeness (QED) is 0.381. The molecule has 1 heterocycles. The molecule has 33 heavy (non-hydrogen) atoms. The standard InChI is InChI=1S/C25H32F2IN3O2/c1-28-24-22(14-15-29-31-24)33-23-17-19(26)21(16-20(23)27)30-25(32)18-12-10-8-6-4-2-3-5-7-9-11-13-18/h14-18H,1-13H2,(H,30,32). The Bertz CT molecular complexity index is 928. The van der Waals surface area contributed by atoms with Crippen molar-refractivity contribution in [1.29, 1.82) is 0 Å². The van der Waals surface area contributed by atoms with Crippen molar-refractivity contribution < 1.29 is 18.3 Å². The van der Waals surface area contributed by atoms with Gasteiger partial charge in [-0.05, 0) is 12.8 Å². The first-order valence-corrected chi connectivity index (χ1v) is 14.4. The van der Waals surface area contributed by atoms with E-state index in [0.717, 1.165) is 50.7 Å². The van der Waals surface area contributed by atoms with Crippen LogP contribution >= 0.6 is 20.7 Å². The second-order valence-corrected chi connectivity index (χ2v) is 10.3. The summed E-state index contributed by atoms with van der Waals surface area (Å²) in [5, 5.41) is 10.3. The molecule has 180 valence electrons. The van der Waals surface area contributed by atoms with Crippen molar-refractivity contribution in [1.82, 2.24) is 10.2 Å². The van der Waals surface area contributed by atoms with Gasteiger partial charge in [0.2, 0.25) is 5.91 Å². The van der Waals surface area contributed by atoms with Crippen molar-refractivity contribution in [2.24, 2.45) is 5.92 Å². The number of nitrogens with one attached hydrogen (secondary N) is 1. The summed E-state index contributed by atoms with van der Waals surface area (Å²) in [6, 6.07) is 3.49. The summed E-state index contributed by atoms with van der Waals surface area (Å²) in [6.45, 7) is 0. The van der Waals surface area contributed by atoms with E-state index in [9.17, 15) is 13.6 Å². The van der Waals surface area contributed by atoms with E-state index in [1.165, 1.54) is 44.7 Å². The maximum absolute atomic E-state index is 14.8. The molecule has 0 bridgehead atoms. The van der Waals surface area contributed by atoms with Crippen LogP contribution in [0.1, 0.15) is 77.0 Å². The number of benzene rings is 1. The Labute approximate surface area is 204 Å². The lowest BCUT2D eigenvalue weighted by molar-refractivity contribution is -0.120. The number of carbonyl (C=O) groups is 1. The fourth-order valence-corrected chi connectivity index (χ4v) is 5.07. The Hall–Kier alpha value is -1.97. The number of hydrogen-bond acceptors (Lipinski definition) is 4. The van der Waals surface area contributed by atoms with Gasteiger partial charge in [-0.15, -0.1) is 5.10 Å². The number of anilines is 1. The molecule has 3 rings (SSSR count). The van der Waals surface area contributed by atoms with Crippen LogP contribution in [-0.2, 0) is 4.79 Å². The average Bonchev–Trinajstić information content (AvgIpc) is 2.84. The van der Waals surface area contributed by atoms with Crippen LogP contribution in [0.15, 0.2) is 24.4 Å². The average molecular weight is 571 g/mol. The zero-order valence-corrected chi connectivity index (χ0v) is 21.1. The number of amides is 1. The first kappa shape index (κ1) is 25.6. The number of carbonyl (C=O) groups excluding carboxylic acids is 1. The van der Waals surface area contributed by atoms with Crippen LogP contribution < -0.4 is 10.1 Å². The fourth-order valence-electron chi connectivity index (χ4n) is 4.13. The number of hydrogen-bond donors (Lipinski definition) is 1. The van der Waals surface area contributed by atoms with Crippen molar-refractivity contribution in [3.63, 3.8) is 0 Å². The zero-order valence-electron chi connectivity index (χ0n) is 18.9. The molecule has 1 fully saturated rings. The van der Waals surface area contributed by atoms with Gasteiger partial charge in [0, 0.05) is 24.1 Å². The number of halogens is 3. The van der Waals surface area contributed by atoms with Gasteiger partial charge in [0.1, 0.15) is 0 Å². The van der Waals surface area contributed by atoms with Crippen molar-refractivity contribution in [2.45, 2.75) is 77.0 Å². The van der Waals surface area contributed by atoms with Gasteiger partial charge in [-0.1, -0.05) is 89.5 Å². The van der Waals surface area contributed by atoms with E-state index in [4.69, 9.17) is 4.74 Å². The van der Waals surface area contributed by atoms with E-state index in [1.807, 2.05) is 0 Å². The largest absolute Gasteiger partial charge is 0.451 e. The van der Waals surface area contributed by atoms with Crippen LogP contribution in [0.4, 0.5) is 14.5 Å². The normalized spacial score (nSPS) is 16.8. The Morgan fingerprint density at radius 2 is 1.55 bits per heavy atom. The molecule has 1 aromatic heterocycles. The molecule has 1 aliphatic rings. The van der Waals surface area contributed by atoms with Gasteiger partial charge >= 0.3 is 0 Å². The molecule has 0 radical (unpaired) electrons. The summed E-state index contributed by atoms with van der Waals surface area (Å²) in [7, 11) is 0. The number of ether oxygens (including phenoxy) is 1. The minimum atomic E-state index is -0.758. The molecule has 2 aromatic rings. The van der Waals surface area contributed by atoms with Crippen molar-refractivity contribution >= 4 is 36.8 Å². The van der Waals surface area contributed by atoms with Gasteiger partial charge in [0.25, 0.3) is 0 Å². The van der Waals surface area contributed by atoms with Crippen molar-refractivity contribution in [3.05, 3.63) is 39.7 Å². The van der Waals surface area contributed by atoms with Crippen LogP contribution in [0.25, 0.3) is 0 Å². The molecule has 1 aromatic carbocycles. The van der Waals surface area contributed by atoms with Crippen LogP contribution in [0, 0.1) is 21.3 Å². The molecule has 5 nitrogen and oxygen atoms in total. The molecule has 1 saturated carbocycles. The molecular formula is C25H32F2IN3O2. The highest BCUT2D eigenvalue weighted by molar-refractivity contribution is 14.2. The summed E-state index contributed by atoms with van der Waals surface area (Å²) in [5.41, 5.74) is -0.162. The van der Waals surface area contributed by atoms with Gasteiger partial charge < -0.3 is 10.1 Å². The maximum atomic E-state index is 14.8. The van der Waals surface area contributed by atoms with E-state index >= 15 is 0 Å². The van der Waals surface area contributed by atoms with Gasteiger partial charge in [0.05, 0.1) is 11.9 Å². The first-order chi connectivity index (χ1) is 16.1. The molecule has 1 N–H and O–H groups in total. The van der Waals surface area contributed by atoms with Gasteiger partial charge in [-0.25, -0.2) is 8.78 Å². The van der Waals surface area contributed by atoms with Gasteiger partial charge in [-0.2, -0.15) is 5.10 Å². The molecule has 0 aliphatic heterocycles. The number of nitrogens with zero attached hydrogens (tertiary/aromatic N) is 2. The second kappa shape index (κ2) is 13.7. The highest BCUT2D eigenvalue weighted by Crippen LogP contribution is 2.32. The Balaban J connectivity index is 1.67. The second-order valence-electron chi connectivity index (χ2n) is 8.48. The Kier molecular flexibility index (Phi) is 10.6. The number of rotatable bonds is 5. The highest BCUT2D eigenvalue weighted by Gasteiger charge is 2.21. The lowest BCUT2D eigenvalue weighted by Crippen LogP contribution is -2.23. The van der Waals surface area contributed by atoms with Crippen LogP contribution in [-0.4, -0.2) is 20.6 Å². The zero-order chi connectivity index (χ0) is 23.5. The highest BCUT2D eigenvalue weighted by atomic mass is 127. The fraction of sp³-hybridized carbons (Fsp3) is 0.520. The first-order valence-electron chi connectivity index (χ1n) is 11.8. The Morgan fingerprint density at radius 3 is 2.15 bits per heavy atom. The third kappa shape index (κ3) is 8.08. The van der Waals surface area contributed by atoms with Crippen LogP contribution in [0.2, 0.25) is 0 Å². The van der Waals surface area contributed by atoms with E-state index in [1.54, 1.807) is 6.07 Å². The molecule has 0 saturated heterocycles. The molecule has 1 amide bonds. The predicted molar refractivity (Wildman–Crippen MR) is 136 cm³/mol. The van der Waals surface area contributed by atoms with Crippen LogP contribution in [0.5, 0.6) is 11.5 Å². The third-order valence-electron chi connectivity index (χ3n) is 5.99. The third-order valence-corrected chi connectivity index (χ3v) is 7.46. The molecule has 8 heteroatoms. The molecule has 0 spiro atoms. The molecule has 1 aliphatic carbocycles. The van der Waals surface area contributed by atoms with E-state index in [-0.39, 0.29) is 23.3 Å². The lowest BCUT2D eigenvalue weighted by atomic mass is 9.93. The lowest BCUT2D eigenvalue weighted by Gasteiger charge is -2.18. The van der Waals surface area contributed by atoms with Crippen LogP contribution in [0.3, 0.4) is 0 Å². The summed E-state index contributed by atoms with van der Waals surface area (Å²) in [6.07, 6.45) is 14.7. The minimum absolute atomic E-state index is 0.162. The van der Waals surface area contributed by atoms with E-state index in [0.29, 0.717) is 9.45 Å². The van der Waals surface area contributed by atoms with E-state index in [2.05, 4.69) is 20.0 Å². The predicted octanol–water partition coefficient (Wildman–Crippen LogP) is 7.37. The monoisotopic (exact) mass is 571 g/mol. The summed E-state index contributed by atoms with van der Waals surface area (Å²) >= 11 is -0.689. The summed E-state index contributed by atoms with van der Waals surface area (Å²) in [4.78, 5) is 12.9. The smallest absolute Gasteiger partial charge is 0.227 e. The van der Waals surface area contributed by atoms with Crippen molar-refractivity contribution in [2.75, 3.05) is 5.32 Å². The summed E-state index contributed by atoms with van der Waals surface area (Å²) < 4.78 is 39.4. The van der Waals surface area contributed by atoms with Gasteiger partial charge in [-0.3, -0.25) is 4.79 Å². The summed E-state index contributed by atoms with van der Waals surface area (Å²) in [5.74, 6) is -1.87.